The standard InChI is InChI=1S/C30H27FN2O2/c1-21(34)6-2-3-9-27(23-13-15-25(31)16-14-23)30(35-26-17-11-22(20-32)12-18-26)28-10-4-7-24-8-5-19-33-29(24)28/h4-5,7-8,10-19,27,30H,2-3,6,9H2,1H3/t27-,30+/m1/s1. The Balaban J connectivity index is 1.78. The van der Waals surface area contributed by atoms with Crippen molar-refractivity contribution in [1.29, 1.82) is 5.26 Å². The molecule has 0 fully saturated rings. The van der Waals surface area contributed by atoms with Gasteiger partial charge in [0, 0.05) is 29.5 Å². The van der Waals surface area contributed by atoms with Crippen molar-refractivity contribution in [1.82, 2.24) is 4.98 Å². The number of hydrogen-bond acceptors (Lipinski definition) is 4. The van der Waals surface area contributed by atoms with Crippen LogP contribution in [0.3, 0.4) is 0 Å². The van der Waals surface area contributed by atoms with Crippen molar-refractivity contribution in [2.24, 2.45) is 0 Å². The normalized spacial score (nSPS) is 12.6. The van der Waals surface area contributed by atoms with Crippen LogP contribution in [0, 0.1) is 17.1 Å². The molecule has 4 rings (SSSR count). The summed E-state index contributed by atoms with van der Waals surface area (Å²) >= 11 is 0. The van der Waals surface area contributed by atoms with E-state index in [2.05, 4.69) is 11.1 Å². The molecular formula is C30H27FN2O2. The number of pyridine rings is 1. The van der Waals surface area contributed by atoms with Crippen LogP contribution in [0.5, 0.6) is 5.75 Å². The second-order valence-corrected chi connectivity index (χ2v) is 8.70. The van der Waals surface area contributed by atoms with Crippen LogP contribution in [0.4, 0.5) is 4.39 Å². The van der Waals surface area contributed by atoms with Gasteiger partial charge in [0.15, 0.2) is 0 Å². The Labute approximate surface area is 205 Å². The van der Waals surface area contributed by atoms with E-state index in [0.717, 1.165) is 41.3 Å². The summed E-state index contributed by atoms with van der Waals surface area (Å²) in [5.41, 5.74) is 3.30. The van der Waals surface area contributed by atoms with Gasteiger partial charge in [-0.1, -0.05) is 42.8 Å². The lowest BCUT2D eigenvalue weighted by Crippen LogP contribution is -2.19. The molecule has 0 saturated carbocycles. The number of aromatic nitrogens is 1. The van der Waals surface area contributed by atoms with Crippen molar-refractivity contribution in [3.63, 3.8) is 0 Å². The van der Waals surface area contributed by atoms with Crippen LogP contribution < -0.4 is 4.74 Å². The number of rotatable bonds is 10. The molecule has 0 N–H and O–H groups in total. The van der Waals surface area contributed by atoms with Gasteiger partial charge in [-0.3, -0.25) is 4.98 Å². The topological polar surface area (TPSA) is 63.0 Å². The zero-order valence-electron chi connectivity index (χ0n) is 19.7. The van der Waals surface area contributed by atoms with Gasteiger partial charge in [-0.15, -0.1) is 0 Å². The molecule has 0 unspecified atom stereocenters. The number of ketones is 1. The molecule has 0 bridgehead atoms. The van der Waals surface area contributed by atoms with Crippen LogP contribution in [-0.2, 0) is 4.79 Å². The van der Waals surface area contributed by atoms with Crippen LogP contribution in [-0.4, -0.2) is 10.8 Å². The van der Waals surface area contributed by atoms with E-state index < -0.39 is 6.10 Å². The average Bonchev–Trinajstić information content (AvgIpc) is 2.88. The van der Waals surface area contributed by atoms with E-state index in [9.17, 15) is 14.4 Å². The maximum atomic E-state index is 13.8. The number of nitriles is 1. The van der Waals surface area contributed by atoms with Crippen molar-refractivity contribution < 1.29 is 13.9 Å². The number of carbonyl (C=O) groups is 1. The third-order valence-electron chi connectivity index (χ3n) is 6.17. The first-order chi connectivity index (χ1) is 17.0. The summed E-state index contributed by atoms with van der Waals surface area (Å²) in [6.45, 7) is 1.61. The van der Waals surface area contributed by atoms with Gasteiger partial charge in [0.1, 0.15) is 23.5 Å². The number of unbranched alkanes of at least 4 members (excludes halogenated alkanes) is 1. The molecule has 1 aromatic heterocycles. The molecule has 4 aromatic rings. The molecule has 35 heavy (non-hydrogen) atoms. The van der Waals surface area contributed by atoms with E-state index in [4.69, 9.17) is 4.74 Å². The van der Waals surface area contributed by atoms with Crippen molar-refractivity contribution in [3.05, 3.63) is 108 Å². The summed E-state index contributed by atoms with van der Waals surface area (Å²) in [4.78, 5) is 16.1. The van der Waals surface area contributed by atoms with Crippen LogP contribution >= 0.6 is 0 Å². The quantitative estimate of drug-likeness (QED) is 0.230. The largest absolute Gasteiger partial charge is 0.485 e. The van der Waals surface area contributed by atoms with Gasteiger partial charge in [-0.05, 0) is 67.8 Å². The zero-order chi connectivity index (χ0) is 24.6. The van der Waals surface area contributed by atoms with Crippen molar-refractivity contribution in [3.8, 4) is 11.8 Å². The highest BCUT2D eigenvalue weighted by Gasteiger charge is 2.29. The molecule has 4 nitrogen and oxygen atoms in total. The number of hydrogen-bond donors (Lipinski definition) is 0. The molecule has 0 radical (unpaired) electrons. The Morgan fingerprint density at radius 2 is 1.74 bits per heavy atom. The van der Waals surface area contributed by atoms with Gasteiger partial charge in [-0.2, -0.15) is 5.26 Å². The van der Waals surface area contributed by atoms with Gasteiger partial charge in [0.25, 0.3) is 0 Å². The minimum absolute atomic E-state index is 0.106. The lowest BCUT2D eigenvalue weighted by molar-refractivity contribution is -0.117. The van der Waals surface area contributed by atoms with Gasteiger partial charge < -0.3 is 9.53 Å². The number of benzene rings is 3. The fourth-order valence-electron chi connectivity index (χ4n) is 4.42. The molecule has 2 atom stereocenters. The van der Waals surface area contributed by atoms with E-state index >= 15 is 0 Å². The number of ether oxygens (including phenoxy) is 1. The lowest BCUT2D eigenvalue weighted by Gasteiger charge is -2.30. The number of Topliss-reactive ketones (excluding diaryl/α,β-unsaturated/α-hetero) is 1. The second kappa shape index (κ2) is 11.4. The van der Waals surface area contributed by atoms with E-state index in [-0.39, 0.29) is 17.5 Å². The molecule has 1 heterocycles. The number of halogens is 1. The number of fused-ring (bicyclic) bond motifs is 1. The highest BCUT2D eigenvalue weighted by Crippen LogP contribution is 2.41. The summed E-state index contributed by atoms with van der Waals surface area (Å²) in [7, 11) is 0. The van der Waals surface area contributed by atoms with Gasteiger partial charge in [-0.25, -0.2) is 4.39 Å². The third kappa shape index (κ3) is 6.10. The second-order valence-electron chi connectivity index (χ2n) is 8.70. The Bertz CT molecular complexity index is 1320. The fourth-order valence-corrected chi connectivity index (χ4v) is 4.42. The first-order valence-corrected chi connectivity index (χ1v) is 11.8. The van der Waals surface area contributed by atoms with E-state index in [1.165, 1.54) is 12.1 Å². The predicted octanol–water partition coefficient (Wildman–Crippen LogP) is 7.30. The predicted molar refractivity (Wildman–Crippen MR) is 135 cm³/mol. The molecule has 0 amide bonds. The smallest absolute Gasteiger partial charge is 0.133 e. The number of nitrogens with zero attached hydrogens (tertiary/aromatic N) is 2. The minimum atomic E-state index is -0.413. The highest BCUT2D eigenvalue weighted by molar-refractivity contribution is 5.82. The SMILES string of the molecule is CC(=O)CCCC[C@H](c1ccc(F)cc1)[C@H](Oc1ccc(C#N)cc1)c1cccc2cccnc12. The monoisotopic (exact) mass is 466 g/mol. The maximum Gasteiger partial charge on any atom is 0.133 e. The molecule has 0 saturated heterocycles. The summed E-state index contributed by atoms with van der Waals surface area (Å²) < 4.78 is 20.4. The molecule has 0 aliphatic heterocycles. The number of carbonyl (C=O) groups excluding carboxylic acids is 1. The summed E-state index contributed by atoms with van der Waals surface area (Å²) in [5, 5.41) is 10.2. The Kier molecular flexibility index (Phi) is 7.84. The zero-order valence-corrected chi connectivity index (χ0v) is 19.7. The van der Waals surface area contributed by atoms with Gasteiger partial charge >= 0.3 is 0 Å². The molecule has 0 aliphatic carbocycles. The third-order valence-corrected chi connectivity index (χ3v) is 6.17. The molecule has 3 aromatic carbocycles. The van der Waals surface area contributed by atoms with Crippen LogP contribution in [0.1, 0.15) is 61.3 Å². The minimum Gasteiger partial charge on any atom is -0.485 e. The van der Waals surface area contributed by atoms with Crippen molar-refractivity contribution in [2.75, 3.05) is 0 Å². The van der Waals surface area contributed by atoms with E-state index in [1.807, 2.05) is 30.3 Å². The summed E-state index contributed by atoms with van der Waals surface area (Å²) in [5.74, 6) is 0.413. The first-order valence-electron chi connectivity index (χ1n) is 11.8. The molecule has 176 valence electrons. The van der Waals surface area contributed by atoms with Crippen LogP contribution in [0.25, 0.3) is 10.9 Å². The van der Waals surface area contributed by atoms with Crippen molar-refractivity contribution >= 4 is 16.7 Å². The van der Waals surface area contributed by atoms with Gasteiger partial charge in [0.05, 0.1) is 17.1 Å². The first kappa shape index (κ1) is 24.1. The lowest BCUT2D eigenvalue weighted by atomic mass is 9.84. The fraction of sp³-hybridized carbons (Fsp3) is 0.233. The van der Waals surface area contributed by atoms with E-state index in [0.29, 0.717) is 17.7 Å². The van der Waals surface area contributed by atoms with Crippen LogP contribution in [0.2, 0.25) is 0 Å². The highest BCUT2D eigenvalue weighted by atomic mass is 19.1. The Morgan fingerprint density at radius 1 is 1.00 bits per heavy atom. The van der Waals surface area contributed by atoms with Crippen molar-refractivity contribution in [2.45, 2.75) is 44.6 Å². The maximum absolute atomic E-state index is 13.8. The van der Waals surface area contributed by atoms with Crippen LogP contribution in [0.15, 0.2) is 85.1 Å². The molecular weight excluding hydrogens is 439 g/mol. The Hall–Kier alpha value is -4.04. The number of para-hydroxylation sites is 1. The van der Waals surface area contributed by atoms with Gasteiger partial charge in [0.2, 0.25) is 0 Å². The Morgan fingerprint density at radius 3 is 2.46 bits per heavy atom. The molecule has 5 heteroatoms. The molecule has 0 aliphatic rings. The average molecular weight is 467 g/mol. The summed E-state index contributed by atoms with van der Waals surface area (Å²) in [6.07, 6.45) is 4.25. The van der Waals surface area contributed by atoms with E-state index in [1.54, 1.807) is 49.5 Å². The summed E-state index contributed by atoms with van der Waals surface area (Å²) in [6, 6.07) is 25.7. The molecule has 0 spiro atoms.